The van der Waals surface area contributed by atoms with E-state index in [-0.39, 0.29) is 5.91 Å². The van der Waals surface area contributed by atoms with Gasteiger partial charge in [0.05, 0.1) is 10.7 Å². The van der Waals surface area contributed by atoms with Crippen LogP contribution in [0.1, 0.15) is 13.3 Å². The summed E-state index contributed by atoms with van der Waals surface area (Å²) < 4.78 is 0. The number of thioether (sulfide) groups is 1. The highest BCUT2D eigenvalue weighted by Gasteiger charge is 2.22. The number of carbonyl (C=O) groups excluding carboxylic acids is 1. The molecule has 1 aliphatic heterocycles. The van der Waals surface area contributed by atoms with Gasteiger partial charge in [0.1, 0.15) is 0 Å². The van der Waals surface area contributed by atoms with Gasteiger partial charge < -0.3 is 0 Å². The fourth-order valence-electron chi connectivity index (χ4n) is 1.60. The highest BCUT2D eigenvalue weighted by atomic mass is 32.2. The molecule has 2 rings (SSSR count). The number of nitrogens with zero attached hydrogens (tertiary/aromatic N) is 1. The molecule has 78 valence electrons. The summed E-state index contributed by atoms with van der Waals surface area (Å²) in [5, 5.41) is 0. The Balaban J connectivity index is 2.52. The number of hydrogen-bond donors (Lipinski definition) is 0. The van der Waals surface area contributed by atoms with Gasteiger partial charge in [-0.15, -0.1) is 11.8 Å². The first-order valence-corrected chi connectivity index (χ1v) is 6.15. The minimum Gasteiger partial charge on any atom is -0.274 e. The maximum atomic E-state index is 11.6. The first-order valence-electron chi connectivity index (χ1n) is 4.75. The number of anilines is 1. The monoisotopic (exact) mass is 237 g/mol. The molecular formula is C11H11NOS2. The molecule has 0 saturated carbocycles. The van der Waals surface area contributed by atoms with Crippen LogP contribution >= 0.6 is 24.0 Å². The molecule has 0 bridgehead atoms. The molecule has 0 aliphatic carbocycles. The zero-order valence-corrected chi connectivity index (χ0v) is 10.0. The van der Waals surface area contributed by atoms with Crippen LogP contribution < -0.4 is 4.90 Å². The fourth-order valence-corrected chi connectivity index (χ4v) is 3.06. The van der Waals surface area contributed by atoms with Gasteiger partial charge in [0.25, 0.3) is 0 Å². The third kappa shape index (κ3) is 2.06. The molecule has 1 aliphatic rings. The Hall–Kier alpha value is -0.870. The van der Waals surface area contributed by atoms with Gasteiger partial charge in [0.15, 0.2) is 0 Å². The molecule has 0 unspecified atom stereocenters. The second-order valence-electron chi connectivity index (χ2n) is 3.31. The van der Waals surface area contributed by atoms with Crippen LogP contribution in [0.4, 0.5) is 5.69 Å². The van der Waals surface area contributed by atoms with E-state index in [4.69, 9.17) is 12.2 Å². The maximum absolute atomic E-state index is 11.6. The number of thiocarbonyl (C=S) groups is 1. The number of rotatable bonds is 0. The lowest BCUT2D eigenvalue weighted by Crippen LogP contribution is -2.33. The minimum absolute atomic E-state index is 0.00468. The predicted octanol–water partition coefficient (Wildman–Crippen LogP) is 2.86. The van der Waals surface area contributed by atoms with Gasteiger partial charge in [-0.3, -0.25) is 9.69 Å². The van der Waals surface area contributed by atoms with Crippen molar-refractivity contribution in [1.82, 2.24) is 0 Å². The predicted molar refractivity (Wildman–Crippen MR) is 67.5 cm³/mol. The molecule has 0 fully saturated rings. The standard InChI is InChI=1S/C11H11NOS2/c1-8(13)12-9-4-2-3-5-10(9)15-7-6-11(12)14/h2-5H,6-7H2,1H3. The number of para-hydroxylation sites is 1. The summed E-state index contributed by atoms with van der Waals surface area (Å²) >= 11 is 7.01. The largest absolute Gasteiger partial charge is 0.274 e. The van der Waals surface area contributed by atoms with Crippen LogP contribution in [0.2, 0.25) is 0 Å². The van der Waals surface area contributed by atoms with Crippen molar-refractivity contribution < 1.29 is 4.79 Å². The maximum Gasteiger partial charge on any atom is 0.228 e. The molecule has 1 aromatic rings. The quantitative estimate of drug-likeness (QED) is 0.647. The van der Waals surface area contributed by atoms with Crippen LogP contribution in [0.3, 0.4) is 0 Å². The van der Waals surface area contributed by atoms with E-state index >= 15 is 0 Å². The fraction of sp³-hybridized carbons (Fsp3) is 0.273. The average Bonchev–Trinajstić information content (AvgIpc) is 2.35. The second kappa shape index (κ2) is 4.33. The van der Waals surface area contributed by atoms with E-state index in [2.05, 4.69) is 0 Å². The molecule has 0 radical (unpaired) electrons. The Labute approximate surface area is 98.7 Å². The molecule has 0 spiro atoms. The summed E-state index contributed by atoms with van der Waals surface area (Å²) in [6, 6.07) is 7.90. The third-order valence-corrected chi connectivity index (χ3v) is 3.70. The summed E-state index contributed by atoms with van der Waals surface area (Å²) in [4.78, 5) is 15.1. The molecule has 1 aromatic carbocycles. The summed E-state index contributed by atoms with van der Waals surface area (Å²) in [5.74, 6) is 0.939. The van der Waals surface area contributed by atoms with E-state index in [0.29, 0.717) is 0 Å². The van der Waals surface area contributed by atoms with Crippen molar-refractivity contribution in [2.75, 3.05) is 10.7 Å². The SMILES string of the molecule is CC(=O)N1C(=S)CCSc2ccccc21. The number of carbonyl (C=O) groups is 1. The molecule has 0 saturated heterocycles. The zero-order valence-electron chi connectivity index (χ0n) is 8.40. The van der Waals surface area contributed by atoms with Crippen LogP contribution in [0.25, 0.3) is 0 Å². The Morgan fingerprint density at radius 3 is 2.93 bits per heavy atom. The van der Waals surface area contributed by atoms with Gasteiger partial charge in [0.2, 0.25) is 5.91 Å². The van der Waals surface area contributed by atoms with Crippen molar-refractivity contribution >= 4 is 40.6 Å². The highest BCUT2D eigenvalue weighted by Crippen LogP contribution is 2.34. The summed E-state index contributed by atoms with van der Waals surface area (Å²) in [7, 11) is 0. The van der Waals surface area contributed by atoms with Gasteiger partial charge in [-0.1, -0.05) is 24.4 Å². The number of hydrogen-bond acceptors (Lipinski definition) is 3. The van der Waals surface area contributed by atoms with Gasteiger partial charge >= 0.3 is 0 Å². The molecule has 1 amide bonds. The highest BCUT2D eigenvalue weighted by molar-refractivity contribution is 7.99. The lowest BCUT2D eigenvalue weighted by atomic mass is 10.2. The van der Waals surface area contributed by atoms with Crippen LogP contribution in [0, 0.1) is 0 Å². The van der Waals surface area contributed by atoms with Crippen molar-refractivity contribution in [3.05, 3.63) is 24.3 Å². The smallest absolute Gasteiger partial charge is 0.228 e. The van der Waals surface area contributed by atoms with Crippen molar-refractivity contribution in [1.29, 1.82) is 0 Å². The van der Waals surface area contributed by atoms with Crippen LogP contribution in [-0.4, -0.2) is 16.6 Å². The first-order chi connectivity index (χ1) is 7.20. The first kappa shape index (κ1) is 10.6. The molecule has 0 aromatic heterocycles. The Kier molecular flexibility index (Phi) is 3.07. The van der Waals surface area contributed by atoms with Gasteiger partial charge in [-0.25, -0.2) is 0 Å². The van der Waals surface area contributed by atoms with Crippen molar-refractivity contribution in [3.63, 3.8) is 0 Å². The van der Waals surface area contributed by atoms with Gasteiger partial charge in [-0.2, -0.15) is 0 Å². The van der Waals surface area contributed by atoms with E-state index in [1.165, 1.54) is 0 Å². The van der Waals surface area contributed by atoms with Gasteiger partial charge in [0, 0.05) is 24.0 Å². The van der Waals surface area contributed by atoms with Crippen molar-refractivity contribution in [3.8, 4) is 0 Å². The van der Waals surface area contributed by atoms with E-state index < -0.39 is 0 Å². The molecule has 4 heteroatoms. The lowest BCUT2D eigenvalue weighted by molar-refractivity contribution is -0.115. The molecule has 2 nitrogen and oxygen atoms in total. The number of fused-ring (bicyclic) bond motifs is 1. The lowest BCUT2D eigenvalue weighted by Gasteiger charge is -2.20. The topological polar surface area (TPSA) is 20.3 Å². The third-order valence-electron chi connectivity index (χ3n) is 2.24. The second-order valence-corrected chi connectivity index (χ2v) is 4.92. The molecule has 0 N–H and O–H groups in total. The number of amides is 1. The van der Waals surface area contributed by atoms with Crippen LogP contribution in [0.15, 0.2) is 29.2 Å². The van der Waals surface area contributed by atoms with E-state index in [1.54, 1.807) is 23.6 Å². The summed E-state index contributed by atoms with van der Waals surface area (Å²) in [6.45, 7) is 1.55. The minimum atomic E-state index is -0.00468. The molecule has 15 heavy (non-hydrogen) atoms. The number of benzene rings is 1. The molecular weight excluding hydrogens is 226 g/mol. The normalized spacial score (nSPS) is 15.8. The van der Waals surface area contributed by atoms with Crippen molar-refractivity contribution in [2.45, 2.75) is 18.2 Å². The molecule has 1 heterocycles. The van der Waals surface area contributed by atoms with Crippen molar-refractivity contribution in [2.24, 2.45) is 0 Å². The average molecular weight is 237 g/mol. The Morgan fingerprint density at radius 2 is 2.20 bits per heavy atom. The summed E-state index contributed by atoms with van der Waals surface area (Å²) in [5.41, 5.74) is 0.928. The van der Waals surface area contributed by atoms with Crippen LogP contribution in [-0.2, 0) is 4.79 Å². The van der Waals surface area contributed by atoms with Gasteiger partial charge in [-0.05, 0) is 12.1 Å². The summed E-state index contributed by atoms with van der Waals surface area (Å²) in [6.07, 6.45) is 0.786. The zero-order chi connectivity index (χ0) is 10.8. The van der Waals surface area contributed by atoms with E-state index in [1.807, 2.05) is 24.3 Å². The van der Waals surface area contributed by atoms with E-state index in [0.717, 1.165) is 27.7 Å². The Bertz CT molecular complexity index is 417. The molecule has 0 atom stereocenters. The van der Waals surface area contributed by atoms with E-state index in [9.17, 15) is 4.79 Å². The Morgan fingerprint density at radius 1 is 1.47 bits per heavy atom. The van der Waals surface area contributed by atoms with Crippen LogP contribution in [0.5, 0.6) is 0 Å².